The van der Waals surface area contributed by atoms with Crippen molar-refractivity contribution < 1.29 is 4.39 Å². The molecule has 0 amide bonds. The van der Waals surface area contributed by atoms with Crippen molar-refractivity contribution in [2.75, 3.05) is 0 Å². The van der Waals surface area contributed by atoms with Crippen LogP contribution in [0.25, 0.3) is 10.6 Å². The van der Waals surface area contributed by atoms with Crippen molar-refractivity contribution in [1.29, 1.82) is 0 Å². The van der Waals surface area contributed by atoms with Gasteiger partial charge in [-0.25, -0.2) is 9.37 Å². The number of aromatic nitrogens is 1. The molecule has 94 valence electrons. The summed E-state index contributed by atoms with van der Waals surface area (Å²) in [4.78, 5) is 5.62. The van der Waals surface area contributed by atoms with E-state index in [1.807, 2.05) is 0 Å². The largest absolute Gasteiger partial charge is 0.323 e. The molecule has 1 heterocycles. The van der Waals surface area contributed by atoms with E-state index in [2.05, 4.69) is 4.98 Å². The van der Waals surface area contributed by atoms with Gasteiger partial charge in [0.15, 0.2) is 0 Å². The lowest BCUT2D eigenvalue weighted by atomic mass is 9.99. The lowest BCUT2D eigenvalue weighted by molar-refractivity contribution is 0.573. The molecule has 2 nitrogen and oxygen atoms in total. The van der Waals surface area contributed by atoms with Crippen LogP contribution in [-0.4, -0.2) is 4.98 Å². The smallest absolute Gasteiger partial charge is 0.134 e. The van der Waals surface area contributed by atoms with Gasteiger partial charge >= 0.3 is 0 Å². The summed E-state index contributed by atoms with van der Waals surface area (Å²) in [5, 5.41) is 1.10. The molecule has 1 unspecified atom stereocenters. The summed E-state index contributed by atoms with van der Waals surface area (Å²) in [6.45, 7) is 0. The number of benzene rings is 1. The Hall–Kier alpha value is -0.970. The van der Waals surface area contributed by atoms with Crippen molar-refractivity contribution in [1.82, 2.24) is 4.98 Å². The van der Waals surface area contributed by atoms with Crippen LogP contribution in [0.15, 0.2) is 18.2 Å². The minimum atomic E-state index is -0.331. The predicted molar refractivity (Wildman–Crippen MR) is 72.4 cm³/mol. The maximum atomic E-state index is 13.8. The zero-order chi connectivity index (χ0) is 12.7. The molecule has 3 rings (SSSR count). The van der Waals surface area contributed by atoms with Crippen LogP contribution in [0.2, 0.25) is 5.02 Å². The Morgan fingerprint density at radius 3 is 3.00 bits per heavy atom. The maximum absolute atomic E-state index is 13.8. The van der Waals surface area contributed by atoms with Gasteiger partial charge in [0.05, 0.1) is 5.69 Å². The highest BCUT2D eigenvalue weighted by atomic mass is 35.5. The van der Waals surface area contributed by atoms with Crippen LogP contribution in [0.3, 0.4) is 0 Å². The van der Waals surface area contributed by atoms with E-state index < -0.39 is 0 Å². The lowest BCUT2D eigenvalue weighted by Gasteiger charge is -2.15. The summed E-state index contributed by atoms with van der Waals surface area (Å²) in [5.41, 5.74) is 7.59. The topological polar surface area (TPSA) is 38.9 Å². The summed E-state index contributed by atoms with van der Waals surface area (Å²) in [6, 6.07) is 4.72. The van der Waals surface area contributed by atoms with Crippen LogP contribution in [0.4, 0.5) is 4.39 Å². The zero-order valence-electron chi connectivity index (χ0n) is 9.62. The first-order valence-corrected chi connectivity index (χ1v) is 7.05. The first kappa shape index (κ1) is 12.1. The van der Waals surface area contributed by atoms with Gasteiger partial charge < -0.3 is 5.73 Å². The van der Waals surface area contributed by atoms with E-state index in [9.17, 15) is 4.39 Å². The fourth-order valence-electron chi connectivity index (χ4n) is 2.23. The molecule has 2 N–H and O–H groups in total. The molecule has 1 aliphatic carbocycles. The Morgan fingerprint density at radius 1 is 1.44 bits per heavy atom. The number of nitrogens with two attached hydrogens (primary N) is 1. The molecule has 0 spiro atoms. The normalized spacial score (nSPS) is 18.7. The van der Waals surface area contributed by atoms with Crippen LogP contribution >= 0.6 is 22.9 Å². The third-order valence-corrected chi connectivity index (χ3v) is 4.65. The highest BCUT2D eigenvalue weighted by molar-refractivity contribution is 7.15. The summed E-state index contributed by atoms with van der Waals surface area (Å²) < 4.78 is 13.8. The number of thiazole rings is 1. The van der Waals surface area contributed by atoms with Gasteiger partial charge in [0.1, 0.15) is 10.8 Å². The molecule has 5 heteroatoms. The molecule has 0 bridgehead atoms. The third-order valence-electron chi connectivity index (χ3n) is 3.15. The Labute approximate surface area is 114 Å². The second-order valence-corrected chi connectivity index (χ2v) is 5.92. The van der Waals surface area contributed by atoms with Crippen LogP contribution in [-0.2, 0) is 6.42 Å². The van der Waals surface area contributed by atoms with E-state index in [0.29, 0.717) is 15.6 Å². The van der Waals surface area contributed by atoms with Crippen molar-refractivity contribution in [3.05, 3.63) is 39.6 Å². The van der Waals surface area contributed by atoms with Crippen LogP contribution in [0.1, 0.15) is 29.5 Å². The molecule has 1 aromatic carbocycles. The molecule has 1 aliphatic rings. The molecule has 1 atom stereocenters. The van der Waals surface area contributed by atoms with E-state index in [0.717, 1.165) is 29.8 Å². The summed E-state index contributed by atoms with van der Waals surface area (Å²) in [6.07, 6.45) is 2.98. The van der Waals surface area contributed by atoms with Gasteiger partial charge in [-0.1, -0.05) is 11.6 Å². The number of halogens is 2. The predicted octanol–water partition coefficient (Wildman–Crippen LogP) is 3.94. The number of aryl methyl sites for hydroxylation is 1. The molecular weight excluding hydrogens is 271 g/mol. The molecule has 0 aliphatic heterocycles. The van der Waals surface area contributed by atoms with Crippen molar-refractivity contribution in [3.8, 4) is 10.6 Å². The fraction of sp³-hybridized carbons (Fsp3) is 0.308. The molecule has 0 saturated heterocycles. The van der Waals surface area contributed by atoms with Crippen LogP contribution in [0.5, 0.6) is 0 Å². The Kier molecular flexibility index (Phi) is 3.09. The number of rotatable bonds is 1. The van der Waals surface area contributed by atoms with Gasteiger partial charge in [-0.3, -0.25) is 0 Å². The highest BCUT2D eigenvalue weighted by Gasteiger charge is 2.23. The minimum absolute atomic E-state index is 0.0513. The zero-order valence-corrected chi connectivity index (χ0v) is 11.2. The average Bonchev–Trinajstić information content (AvgIpc) is 2.74. The molecule has 0 saturated carbocycles. The summed E-state index contributed by atoms with van der Waals surface area (Å²) >= 11 is 7.25. The number of hydrogen-bond acceptors (Lipinski definition) is 3. The Morgan fingerprint density at radius 2 is 2.28 bits per heavy atom. The van der Waals surface area contributed by atoms with Gasteiger partial charge in [-0.15, -0.1) is 11.3 Å². The summed E-state index contributed by atoms with van der Waals surface area (Å²) in [7, 11) is 0. The molecule has 0 radical (unpaired) electrons. The lowest BCUT2D eigenvalue weighted by Crippen LogP contribution is -2.15. The first-order chi connectivity index (χ1) is 8.65. The van der Waals surface area contributed by atoms with Gasteiger partial charge in [0, 0.05) is 21.5 Å². The van der Waals surface area contributed by atoms with Gasteiger partial charge in [0.2, 0.25) is 0 Å². The first-order valence-electron chi connectivity index (χ1n) is 5.86. The molecular formula is C13H12ClFN2S. The van der Waals surface area contributed by atoms with E-state index >= 15 is 0 Å². The molecule has 0 fully saturated rings. The number of nitrogens with zero attached hydrogens (tertiary/aromatic N) is 1. The second kappa shape index (κ2) is 4.61. The fourth-order valence-corrected chi connectivity index (χ4v) is 3.56. The SMILES string of the molecule is NC1CCCc2nc(-c3ccc(Cl)cc3F)sc21. The standard InChI is InChI=1S/C13H12ClFN2S/c14-7-4-5-8(9(15)6-7)13-17-11-3-1-2-10(16)12(11)18-13/h4-6,10H,1-3,16H2. The van der Waals surface area contributed by atoms with Crippen molar-refractivity contribution in [2.24, 2.45) is 5.73 Å². The average molecular weight is 283 g/mol. The van der Waals surface area contributed by atoms with Gasteiger partial charge in [-0.2, -0.15) is 0 Å². The molecule has 1 aromatic heterocycles. The van der Waals surface area contributed by atoms with Gasteiger partial charge in [0.25, 0.3) is 0 Å². The van der Waals surface area contributed by atoms with Crippen molar-refractivity contribution in [3.63, 3.8) is 0 Å². The minimum Gasteiger partial charge on any atom is -0.323 e. The van der Waals surface area contributed by atoms with Crippen LogP contribution < -0.4 is 5.73 Å². The Bertz CT molecular complexity index is 597. The quantitative estimate of drug-likeness (QED) is 0.860. The van der Waals surface area contributed by atoms with Crippen LogP contribution in [0, 0.1) is 5.82 Å². The van der Waals surface area contributed by atoms with Crippen molar-refractivity contribution in [2.45, 2.75) is 25.3 Å². The monoisotopic (exact) mass is 282 g/mol. The van der Waals surface area contributed by atoms with E-state index in [1.54, 1.807) is 12.1 Å². The highest BCUT2D eigenvalue weighted by Crippen LogP contribution is 2.37. The van der Waals surface area contributed by atoms with E-state index in [-0.39, 0.29) is 11.9 Å². The molecule has 18 heavy (non-hydrogen) atoms. The third kappa shape index (κ3) is 2.05. The maximum Gasteiger partial charge on any atom is 0.134 e. The molecule has 2 aromatic rings. The van der Waals surface area contributed by atoms with E-state index in [1.165, 1.54) is 17.4 Å². The van der Waals surface area contributed by atoms with Crippen molar-refractivity contribution >= 4 is 22.9 Å². The van der Waals surface area contributed by atoms with E-state index in [4.69, 9.17) is 17.3 Å². The Balaban J connectivity index is 2.07. The second-order valence-electron chi connectivity index (χ2n) is 4.45. The summed E-state index contributed by atoms with van der Waals surface area (Å²) in [5.74, 6) is -0.331. The number of fused-ring (bicyclic) bond motifs is 1. The number of hydrogen-bond donors (Lipinski definition) is 1. The van der Waals surface area contributed by atoms with Gasteiger partial charge in [-0.05, 0) is 37.5 Å².